The first-order valence-corrected chi connectivity index (χ1v) is 14.1. The molecule has 0 saturated carbocycles. The van der Waals surface area contributed by atoms with Crippen LogP contribution in [0.3, 0.4) is 0 Å². The van der Waals surface area contributed by atoms with Gasteiger partial charge >= 0.3 is 0 Å². The number of hydrogen-bond acceptors (Lipinski definition) is 0. The standard InChI is InChI=1S/C33H50/c1-8-12-16-25(10-3)23-33(24-26(11-4)17-13-9-2)30-19-15-14-18-28(30)29-21-20-27(22-31(29)33)32(5,6)7/h14-15,18-22,25-26H,8-13,16-17,23-24H2,1-7H3. The van der Waals surface area contributed by atoms with Crippen LogP contribution in [0.2, 0.25) is 0 Å². The van der Waals surface area contributed by atoms with Crippen LogP contribution in [0.5, 0.6) is 0 Å². The van der Waals surface area contributed by atoms with Gasteiger partial charge in [-0.15, -0.1) is 0 Å². The molecule has 2 unspecified atom stereocenters. The van der Waals surface area contributed by atoms with Gasteiger partial charge in [-0.1, -0.05) is 142 Å². The third-order valence-corrected chi connectivity index (χ3v) is 8.49. The maximum atomic E-state index is 2.62. The zero-order valence-corrected chi connectivity index (χ0v) is 22.8. The van der Waals surface area contributed by atoms with E-state index in [2.05, 4.69) is 90.9 Å². The van der Waals surface area contributed by atoms with Gasteiger partial charge in [0, 0.05) is 5.41 Å². The van der Waals surface area contributed by atoms with Crippen LogP contribution >= 0.6 is 0 Å². The van der Waals surface area contributed by atoms with Crippen molar-refractivity contribution in [1.29, 1.82) is 0 Å². The van der Waals surface area contributed by atoms with Crippen LogP contribution in [0.1, 0.15) is 129 Å². The summed E-state index contributed by atoms with van der Waals surface area (Å²) in [4.78, 5) is 0. The van der Waals surface area contributed by atoms with Gasteiger partial charge in [0.05, 0.1) is 0 Å². The molecule has 2 aromatic rings. The quantitative estimate of drug-likeness (QED) is 0.304. The lowest BCUT2D eigenvalue weighted by Crippen LogP contribution is -2.32. The van der Waals surface area contributed by atoms with Gasteiger partial charge in [0.15, 0.2) is 0 Å². The van der Waals surface area contributed by atoms with Gasteiger partial charge < -0.3 is 0 Å². The van der Waals surface area contributed by atoms with E-state index in [1.165, 1.54) is 80.9 Å². The number of benzene rings is 2. The lowest BCUT2D eigenvalue weighted by molar-refractivity contribution is 0.265. The van der Waals surface area contributed by atoms with Crippen LogP contribution in [-0.4, -0.2) is 0 Å². The summed E-state index contributed by atoms with van der Waals surface area (Å²) in [5.74, 6) is 1.59. The fourth-order valence-electron chi connectivity index (χ4n) is 6.32. The molecule has 1 aliphatic carbocycles. The Balaban J connectivity index is 2.19. The third kappa shape index (κ3) is 5.58. The van der Waals surface area contributed by atoms with Gasteiger partial charge in [-0.25, -0.2) is 0 Å². The number of unbranched alkanes of at least 4 members (excludes halogenated alkanes) is 2. The van der Waals surface area contributed by atoms with E-state index in [9.17, 15) is 0 Å². The van der Waals surface area contributed by atoms with Crippen LogP contribution in [0, 0.1) is 11.8 Å². The molecule has 0 radical (unpaired) electrons. The first kappa shape index (κ1) is 26.1. The highest BCUT2D eigenvalue weighted by Gasteiger charge is 2.45. The second-order valence-electron chi connectivity index (χ2n) is 11.9. The van der Waals surface area contributed by atoms with E-state index in [1.807, 2.05) is 0 Å². The van der Waals surface area contributed by atoms with Gasteiger partial charge in [-0.2, -0.15) is 0 Å². The van der Waals surface area contributed by atoms with Crippen molar-refractivity contribution in [1.82, 2.24) is 0 Å². The zero-order chi connectivity index (χ0) is 24.1. The molecule has 0 amide bonds. The molecule has 0 N–H and O–H groups in total. The molecule has 0 nitrogen and oxygen atoms in total. The van der Waals surface area contributed by atoms with E-state index in [-0.39, 0.29) is 10.8 Å². The van der Waals surface area contributed by atoms with Gasteiger partial charge in [-0.3, -0.25) is 0 Å². The second kappa shape index (κ2) is 11.2. The summed E-state index contributed by atoms with van der Waals surface area (Å²) < 4.78 is 0. The molecule has 0 heterocycles. The van der Waals surface area contributed by atoms with Gasteiger partial charge in [0.1, 0.15) is 0 Å². The summed E-state index contributed by atoms with van der Waals surface area (Å²) in [5, 5.41) is 0. The minimum Gasteiger partial charge on any atom is -0.0654 e. The molecule has 0 aromatic heterocycles. The first-order chi connectivity index (χ1) is 15.8. The van der Waals surface area contributed by atoms with Crippen LogP contribution in [-0.2, 0) is 10.8 Å². The maximum Gasteiger partial charge on any atom is 0.0220 e. The number of fused-ring (bicyclic) bond motifs is 3. The van der Waals surface area contributed by atoms with Crippen molar-refractivity contribution in [2.45, 2.75) is 124 Å². The van der Waals surface area contributed by atoms with E-state index in [0.29, 0.717) is 0 Å². The van der Waals surface area contributed by atoms with E-state index in [1.54, 1.807) is 11.1 Å². The molecule has 0 heteroatoms. The summed E-state index contributed by atoms with van der Waals surface area (Å²) >= 11 is 0. The lowest BCUT2D eigenvalue weighted by Gasteiger charge is -2.39. The molecular weight excluding hydrogens is 396 g/mol. The summed E-state index contributed by atoms with van der Waals surface area (Å²) in [6.45, 7) is 16.6. The maximum absolute atomic E-state index is 2.62. The zero-order valence-electron chi connectivity index (χ0n) is 22.8. The van der Waals surface area contributed by atoms with Gasteiger partial charge in [0.2, 0.25) is 0 Å². The molecule has 2 atom stereocenters. The monoisotopic (exact) mass is 446 g/mol. The Morgan fingerprint density at radius 2 is 1.24 bits per heavy atom. The van der Waals surface area contributed by atoms with Crippen LogP contribution < -0.4 is 0 Å². The van der Waals surface area contributed by atoms with Crippen LogP contribution in [0.25, 0.3) is 11.1 Å². The minimum absolute atomic E-state index is 0.163. The molecular formula is C33H50. The topological polar surface area (TPSA) is 0 Å². The molecule has 33 heavy (non-hydrogen) atoms. The molecule has 0 bridgehead atoms. The third-order valence-electron chi connectivity index (χ3n) is 8.49. The van der Waals surface area contributed by atoms with Crippen molar-refractivity contribution in [3.8, 4) is 11.1 Å². The normalized spacial score (nSPS) is 19.2. The Kier molecular flexibility index (Phi) is 8.88. The van der Waals surface area contributed by atoms with E-state index in [0.717, 1.165) is 11.8 Å². The number of hydrogen-bond donors (Lipinski definition) is 0. The highest BCUT2D eigenvalue weighted by atomic mass is 14.5. The number of rotatable bonds is 12. The Hall–Kier alpha value is -1.56. The van der Waals surface area contributed by atoms with E-state index >= 15 is 0 Å². The highest BCUT2D eigenvalue weighted by Crippen LogP contribution is 2.56. The van der Waals surface area contributed by atoms with Crippen LogP contribution in [0.15, 0.2) is 42.5 Å². The fourth-order valence-corrected chi connectivity index (χ4v) is 6.32. The second-order valence-corrected chi connectivity index (χ2v) is 11.9. The van der Waals surface area contributed by atoms with Gasteiger partial charge in [0.25, 0.3) is 0 Å². The Morgan fingerprint density at radius 1 is 0.697 bits per heavy atom. The Bertz CT molecular complexity index is 863. The predicted molar refractivity (Wildman–Crippen MR) is 147 cm³/mol. The molecule has 182 valence electrons. The highest BCUT2D eigenvalue weighted by molar-refractivity contribution is 5.81. The van der Waals surface area contributed by atoms with Crippen molar-refractivity contribution in [2.75, 3.05) is 0 Å². The van der Waals surface area contributed by atoms with Crippen molar-refractivity contribution in [2.24, 2.45) is 11.8 Å². The van der Waals surface area contributed by atoms with Crippen molar-refractivity contribution >= 4 is 0 Å². The molecule has 1 aliphatic rings. The predicted octanol–water partition coefficient (Wildman–Crippen LogP) is 10.5. The van der Waals surface area contributed by atoms with E-state index in [4.69, 9.17) is 0 Å². The minimum atomic E-state index is 0.163. The Labute approximate surface area is 205 Å². The van der Waals surface area contributed by atoms with Crippen LogP contribution in [0.4, 0.5) is 0 Å². The smallest absolute Gasteiger partial charge is 0.0220 e. The SMILES string of the molecule is CCCCC(CC)CC1(CC(CC)CCCC)c2ccccc2-c2ccc(C(C)(C)C)cc21. The first-order valence-electron chi connectivity index (χ1n) is 14.1. The average molecular weight is 447 g/mol. The summed E-state index contributed by atoms with van der Waals surface area (Å²) in [7, 11) is 0. The Morgan fingerprint density at radius 3 is 1.76 bits per heavy atom. The summed E-state index contributed by atoms with van der Waals surface area (Å²) in [5.41, 5.74) is 8.10. The largest absolute Gasteiger partial charge is 0.0654 e. The van der Waals surface area contributed by atoms with Gasteiger partial charge in [-0.05, 0) is 57.9 Å². The fraction of sp³-hybridized carbons (Fsp3) is 0.636. The molecule has 0 aliphatic heterocycles. The van der Waals surface area contributed by atoms with E-state index < -0.39 is 0 Å². The summed E-state index contributed by atoms with van der Waals surface area (Å²) in [6, 6.07) is 16.9. The molecule has 0 fully saturated rings. The average Bonchev–Trinajstić information content (AvgIpc) is 3.08. The lowest BCUT2D eigenvalue weighted by atomic mass is 9.64. The molecule has 3 rings (SSSR count). The van der Waals surface area contributed by atoms with Crippen molar-refractivity contribution in [3.63, 3.8) is 0 Å². The summed E-state index contributed by atoms with van der Waals surface area (Å²) in [6.07, 6.45) is 13.3. The van der Waals surface area contributed by atoms with Crippen molar-refractivity contribution < 1.29 is 0 Å². The molecule has 0 saturated heterocycles. The van der Waals surface area contributed by atoms with Crippen molar-refractivity contribution in [3.05, 3.63) is 59.2 Å². The molecule has 0 spiro atoms. The molecule has 2 aromatic carbocycles.